The molecule has 0 heterocycles. The van der Waals surface area contributed by atoms with Gasteiger partial charge in [0.2, 0.25) is 5.91 Å². The molecule has 12 nitrogen and oxygen atoms in total. The van der Waals surface area contributed by atoms with Gasteiger partial charge in [0.25, 0.3) is 0 Å². The number of carbonyl (C=O) groups excluding carboxylic acids is 1. The van der Waals surface area contributed by atoms with Crippen LogP contribution in [0.3, 0.4) is 0 Å². The first-order valence-corrected chi connectivity index (χ1v) is 22.5. The zero-order valence-corrected chi connectivity index (χ0v) is 33.5. The Balaban J connectivity index is 2.50. The highest BCUT2D eigenvalue weighted by Crippen LogP contribution is 2.47. The Labute approximate surface area is 315 Å². The molecule has 1 aliphatic rings. The van der Waals surface area contributed by atoms with E-state index in [1.54, 1.807) is 0 Å². The summed E-state index contributed by atoms with van der Waals surface area (Å²) in [5.41, 5.74) is 0. The van der Waals surface area contributed by atoms with Gasteiger partial charge in [-0.05, 0) is 12.8 Å². The minimum atomic E-state index is -5.04. The highest BCUT2D eigenvalue weighted by atomic mass is 31.2. The summed E-state index contributed by atoms with van der Waals surface area (Å²) >= 11 is 0. The molecule has 6 unspecified atom stereocenters. The van der Waals surface area contributed by atoms with Crippen molar-refractivity contribution in [2.45, 2.75) is 236 Å². The minimum absolute atomic E-state index is 0.242. The zero-order valence-electron chi connectivity index (χ0n) is 32.6. The lowest BCUT2D eigenvalue weighted by molar-refractivity contribution is -0.220. The lowest BCUT2D eigenvalue weighted by Crippen LogP contribution is -2.64. The molecule has 1 fully saturated rings. The average molecular weight is 768 g/mol. The number of rotatable bonds is 34. The molecule has 0 saturated heterocycles. The molecule has 0 spiro atoms. The molecule has 1 saturated carbocycles. The highest BCUT2D eigenvalue weighted by molar-refractivity contribution is 7.47. The molecule has 1 aliphatic carbocycles. The molecular weight excluding hydrogens is 689 g/mol. The normalized spacial score (nSPS) is 24.4. The molecule has 1 amide bonds. The number of phosphoric acid groups is 1. The Morgan fingerprint density at radius 3 is 1.33 bits per heavy atom. The van der Waals surface area contributed by atoms with Gasteiger partial charge < -0.3 is 40.8 Å². The van der Waals surface area contributed by atoms with Crippen LogP contribution in [0.25, 0.3) is 0 Å². The van der Waals surface area contributed by atoms with Crippen molar-refractivity contribution in [2.75, 3.05) is 6.61 Å². The standard InChI is InChI=1S/C39H78NO11P/c1-3-5-7-9-11-13-15-16-17-18-19-21-23-25-27-29-33(42)40-31(32(41)28-26-24-22-20-14-12-10-8-6-4-2)30-50-52(48,49)51-39-37(46)35(44)34(43)36(45)38(39)47/h31-32,34-39,41,43-47H,3-30H2,1-2H3,(H,40,42)(H,48,49)/t31-,32+,34?,35+,36?,37?,38?,39?/m0/s1. The van der Waals surface area contributed by atoms with E-state index in [4.69, 9.17) is 9.05 Å². The van der Waals surface area contributed by atoms with Gasteiger partial charge in [0, 0.05) is 6.42 Å². The van der Waals surface area contributed by atoms with E-state index in [0.29, 0.717) is 19.3 Å². The lowest BCUT2D eigenvalue weighted by atomic mass is 9.85. The number of carbonyl (C=O) groups is 1. The number of hydrogen-bond donors (Lipinski definition) is 8. The SMILES string of the molecule is CCCCCCCCCCCCCCCCCC(=O)N[C@@H](COP(=O)(O)OC1C(O)C(O)C(O)[C@@H](O)C1O)[C@H](O)CCCCCCCCCCCC. The van der Waals surface area contributed by atoms with Crippen LogP contribution < -0.4 is 5.32 Å². The van der Waals surface area contributed by atoms with Gasteiger partial charge in [0.15, 0.2) is 0 Å². The van der Waals surface area contributed by atoms with Crippen molar-refractivity contribution in [2.24, 2.45) is 0 Å². The molecule has 9 atom stereocenters. The summed E-state index contributed by atoms with van der Waals surface area (Å²) in [5, 5.41) is 63.8. The summed E-state index contributed by atoms with van der Waals surface area (Å²) in [6, 6.07) is -1.02. The fourth-order valence-electron chi connectivity index (χ4n) is 6.91. The predicted octanol–water partition coefficient (Wildman–Crippen LogP) is 6.72. The molecule has 0 aromatic rings. The largest absolute Gasteiger partial charge is 0.472 e. The topological polar surface area (TPSA) is 206 Å². The molecule has 0 aromatic heterocycles. The maximum absolute atomic E-state index is 12.9. The van der Waals surface area contributed by atoms with E-state index in [-0.39, 0.29) is 12.3 Å². The lowest BCUT2D eigenvalue weighted by Gasteiger charge is -2.41. The molecule has 0 radical (unpaired) electrons. The van der Waals surface area contributed by atoms with Crippen LogP contribution in [0.15, 0.2) is 0 Å². The molecule has 13 heteroatoms. The van der Waals surface area contributed by atoms with Crippen molar-refractivity contribution in [3.63, 3.8) is 0 Å². The van der Waals surface area contributed by atoms with E-state index in [9.17, 15) is 44.9 Å². The van der Waals surface area contributed by atoms with Crippen LogP contribution in [-0.4, -0.2) is 96.8 Å². The molecular formula is C39H78NO11P. The second-order valence-electron chi connectivity index (χ2n) is 15.2. The highest BCUT2D eigenvalue weighted by Gasteiger charge is 2.51. The van der Waals surface area contributed by atoms with Crippen LogP contribution in [0.4, 0.5) is 0 Å². The molecule has 0 aromatic carbocycles. The van der Waals surface area contributed by atoms with Crippen molar-refractivity contribution in [1.29, 1.82) is 0 Å². The fraction of sp³-hybridized carbons (Fsp3) is 0.974. The molecule has 310 valence electrons. The van der Waals surface area contributed by atoms with Crippen molar-refractivity contribution < 1.29 is 53.9 Å². The van der Waals surface area contributed by atoms with Crippen molar-refractivity contribution in [1.82, 2.24) is 5.32 Å². The second-order valence-corrected chi connectivity index (χ2v) is 16.6. The van der Waals surface area contributed by atoms with Crippen LogP contribution in [0, 0.1) is 0 Å². The Morgan fingerprint density at radius 1 is 0.577 bits per heavy atom. The number of nitrogens with one attached hydrogen (secondary N) is 1. The third-order valence-corrected chi connectivity index (χ3v) is 11.4. The summed E-state index contributed by atoms with van der Waals surface area (Å²) in [6.45, 7) is 3.85. The van der Waals surface area contributed by atoms with E-state index in [0.717, 1.165) is 38.5 Å². The van der Waals surface area contributed by atoms with Crippen molar-refractivity contribution >= 4 is 13.7 Å². The van der Waals surface area contributed by atoms with Gasteiger partial charge in [-0.3, -0.25) is 13.8 Å². The maximum atomic E-state index is 12.9. The first-order valence-electron chi connectivity index (χ1n) is 21.0. The third-order valence-electron chi connectivity index (χ3n) is 10.4. The molecule has 0 bridgehead atoms. The van der Waals surface area contributed by atoms with Gasteiger partial charge >= 0.3 is 7.82 Å². The summed E-state index contributed by atoms with van der Waals surface area (Å²) in [7, 11) is -5.04. The predicted molar refractivity (Wildman–Crippen MR) is 205 cm³/mol. The summed E-state index contributed by atoms with van der Waals surface area (Å²) in [5.74, 6) is -0.308. The molecule has 8 N–H and O–H groups in total. The number of aliphatic hydroxyl groups excluding tert-OH is 6. The van der Waals surface area contributed by atoms with Crippen LogP contribution in [0.5, 0.6) is 0 Å². The first kappa shape index (κ1) is 49.4. The minimum Gasteiger partial charge on any atom is -0.391 e. The Kier molecular flexibility index (Phi) is 29.0. The number of hydrogen-bond acceptors (Lipinski definition) is 10. The number of amides is 1. The summed E-state index contributed by atoms with van der Waals surface area (Å²) in [4.78, 5) is 23.3. The Hall–Kier alpha value is -0.660. The van der Waals surface area contributed by atoms with Crippen molar-refractivity contribution in [3.05, 3.63) is 0 Å². The third kappa shape index (κ3) is 22.7. The van der Waals surface area contributed by atoms with E-state index in [2.05, 4.69) is 19.2 Å². The van der Waals surface area contributed by atoms with Gasteiger partial charge in [0.1, 0.15) is 36.6 Å². The number of aliphatic hydroxyl groups is 6. The van der Waals surface area contributed by atoms with Gasteiger partial charge in [-0.2, -0.15) is 0 Å². The average Bonchev–Trinajstić information content (AvgIpc) is 3.12. The first-order chi connectivity index (χ1) is 24.9. The van der Waals surface area contributed by atoms with Gasteiger partial charge in [-0.1, -0.05) is 168 Å². The zero-order chi connectivity index (χ0) is 38.6. The smallest absolute Gasteiger partial charge is 0.391 e. The number of unbranched alkanes of at least 4 members (excludes halogenated alkanes) is 23. The van der Waals surface area contributed by atoms with Crippen LogP contribution in [0.2, 0.25) is 0 Å². The van der Waals surface area contributed by atoms with Crippen LogP contribution in [0.1, 0.15) is 187 Å². The van der Waals surface area contributed by atoms with E-state index in [1.165, 1.54) is 109 Å². The van der Waals surface area contributed by atoms with E-state index < -0.39 is 63.2 Å². The van der Waals surface area contributed by atoms with Crippen LogP contribution in [-0.2, 0) is 18.4 Å². The van der Waals surface area contributed by atoms with E-state index in [1.807, 2.05) is 0 Å². The summed E-state index contributed by atoms with van der Waals surface area (Å²) < 4.78 is 22.8. The molecule has 52 heavy (non-hydrogen) atoms. The summed E-state index contributed by atoms with van der Waals surface area (Å²) in [6.07, 6.45) is 17.2. The number of phosphoric ester groups is 1. The Bertz CT molecular complexity index is 900. The molecule has 0 aliphatic heterocycles. The van der Waals surface area contributed by atoms with E-state index >= 15 is 0 Å². The van der Waals surface area contributed by atoms with Gasteiger partial charge in [-0.15, -0.1) is 0 Å². The molecule has 1 rings (SSSR count). The second kappa shape index (κ2) is 30.5. The Morgan fingerprint density at radius 2 is 0.923 bits per heavy atom. The fourth-order valence-corrected chi connectivity index (χ4v) is 7.87. The monoisotopic (exact) mass is 768 g/mol. The van der Waals surface area contributed by atoms with Gasteiger partial charge in [0.05, 0.1) is 18.8 Å². The van der Waals surface area contributed by atoms with Crippen LogP contribution >= 0.6 is 7.82 Å². The van der Waals surface area contributed by atoms with Crippen molar-refractivity contribution in [3.8, 4) is 0 Å². The van der Waals surface area contributed by atoms with Gasteiger partial charge in [-0.25, -0.2) is 4.57 Å². The quantitative estimate of drug-likeness (QED) is 0.0255. The maximum Gasteiger partial charge on any atom is 0.472 e.